The quantitative estimate of drug-likeness (QED) is 0.879. The normalized spacial score (nSPS) is 26.9. The van der Waals surface area contributed by atoms with Crippen LogP contribution in [-0.2, 0) is 18.2 Å². The summed E-state index contributed by atoms with van der Waals surface area (Å²) in [5.41, 5.74) is 8.16. The van der Waals surface area contributed by atoms with E-state index in [1.165, 1.54) is 12.8 Å². The number of nitrogens with zero attached hydrogens (tertiary/aromatic N) is 3. The van der Waals surface area contributed by atoms with Gasteiger partial charge in [-0.2, -0.15) is 5.10 Å². The van der Waals surface area contributed by atoms with Crippen molar-refractivity contribution in [1.82, 2.24) is 9.78 Å². The van der Waals surface area contributed by atoms with Crippen LogP contribution in [0.4, 0.5) is 11.5 Å². The molecule has 0 radical (unpaired) electrons. The molecular weight excluding hydrogens is 228 g/mol. The lowest BCUT2D eigenvalue weighted by Gasteiger charge is -2.33. The Balaban J connectivity index is 1.87. The second kappa shape index (κ2) is 4.46. The van der Waals surface area contributed by atoms with Gasteiger partial charge in [-0.1, -0.05) is 13.3 Å². The molecule has 1 aromatic heterocycles. The third-order valence-corrected chi connectivity index (χ3v) is 3.96. The Morgan fingerprint density at radius 2 is 2.00 bits per heavy atom. The first-order chi connectivity index (χ1) is 8.69. The van der Waals surface area contributed by atoms with Gasteiger partial charge in [0.1, 0.15) is 0 Å². The van der Waals surface area contributed by atoms with Crippen LogP contribution in [0.3, 0.4) is 0 Å². The third-order valence-electron chi connectivity index (χ3n) is 3.96. The summed E-state index contributed by atoms with van der Waals surface area (Å²) in [6, 6.07) is 0. The van der Waals surface area contributed by atoms with Gasteiger partial charge in [0, 0.05) is 20.1 Å². The van der Waals surface area contributed by atoms with E-state index in [1.54, 1.807) is 0 Å². The first-order valence-corrected chi connectivity index (χ1v) is 6.90. The van der Waals surface area contributed by atoms with Gasteiger partial charge in [0.25, 0.3) is 0 Å². The summed E-state index contributed by atoms with van der Waals surface area (Å²) >= 11 is 0. The minimum atomic E-state index is 0.382. The Bertz CT molecular complexity index is 430. The standard InChI is InChI=1S/C13H22N4O/c1-3-4-11-12(14)13(16(2)15-11)17-7-9-5-6-10(8-17)18-9/h9-10H,3-8,14H2,1-2H3. The van der Waals surface area contributed by atoms with Crippen molar-refractivity contribution in [3.8, 4) is 0 Å². The van der Waals surface area contributed by atoms with Gasteiger partial charge in [-0.3, -0.25) is 4.68 Å². The molecule has 0 aromatic carbocycles. The number of anilines is 2. The molecule has 3 rings (SSSR count). The predicted octanol–water partition coefficient (Wildman–Crippen LogP) is 1.32. The molecule has 0 spiro atoms. The molecule has 2 aliphatic heterocycles. The fourth-order valence-corrected chi connectivity index (χ4v) is 3.17. The smallest absolute Gasteiger partial charge is 0.150 e. The summed E-state index contributed by atoms with van der Waals surface area (Å²) in [6.45, 7) is 4.06. The van der Waals surface area contributed by atoms with Crippen LogP contribution in [0, 0.1) is 0 Å². The summed E-state index contributed by atoms with van der Waals surface area (Å²) in [4.78, 5) is 2.35. The van der Waals surface area contributed by atoms with Crippen LogP contribution in [0.25, 0.3) is 0 Å². The number of hydrogen-bond donors (Lipinski definition) is 1. The van der Waals surface area contributed by atoms with Gasteiger partial charge in [-0.15, -0.1) is 0 Å². The van der Waals surface area contributed by atoms with E-state index >= 15 is 0 Å². The van der Waals surface area contributed by atoms with E-state index < -0.39 is 0 Å². The molecule has 5 heteroatoms. The molecule has 2 N–H and O–H groups in total. The number of nitrogen functional groups attached to an aromatic ring is 1. The Labute approximate surface area is 108 Å². The van der Waals surface area contributed by atoms with Gasteiger partial charge in [-0.25, -0.2) is 0 Å². The lowest BCUT2D eigenvalue weighted by Crippen LogP contribution is -2.43. The van der Waals surface area contributed by atoms with Crippen LogP contribution in [0.2, 0.25) is 0 Å². The second-order valence-corrected chi connectivity index (χ2v) is 5.42. The van der Waals surface area contributed by atoms with Crippen molar-refractivity contribution in [1.29, 1.82) is 0 Å². The molecule has 0 aliphatic carbocycles. The Kier molecular flexibility index (Phi) is 2.93. The van der Waals surface area contributed by atoms with E-state index in [9.17, 15) is 0 Å². The average molecular weight is 250 g/mol. The zero-order valence-electron chi connectivity index (χ0n) is 11.2. The fourth-order valence-electron chi connectivity index (χ4n) is 3.17. The van der Waals surface area contributed by atoms with Crippen LogP contribution in [-0.4, -0.2) is 35.1 Å². The predicted molar refractivity (Wildman–Crippen MR) is 71.7 cm³/mol. The SMILES string of the molecule is CCCc1nn(C)c(N2CC3CCC(C2)O3)c1N. The molecule has 2 fully saturated rings. The van der Waals surface area contributed by atoms with E-state index in [0.29, 0.717) is 12.2 Å². The number of aromatic nitrogens is 2. The van der Waals surface area contributed by atoms with Gasteiger partial charge in [-0.05, 0) is 19.3 Å². The molecule has 0 amide bonds. The molecule has 2 saturated heterocycles. The molecule has 100 valence electrons. The Morgan fingerprint density at radius 3 is 2.61 bits per heavy atom. The second-order valence-electron chi connectivity index (χ2n) is 5.42. The maximum Gasteiger partial charge on any atom is 0.150 e. The van der Waals surface area contributed by atoms with Crippen molar-refractivity contribution in [3.63, 3.8) is 0 Å². The lowest BCUT2D eigenvalue weighted by atomic mass is 10.2. The van der Waals surface area contributed by atoms with Gasteiger partial charge in [0.2, 0.25) is 0 Å². The van der Waals surface area contributed by atoms with Gasteiger partial charge >= 0.3 is 0 Å². The zero-order valence-corrected chi connectivity index (χ0v) is 11.2. The molecule has 2 bridgehead atoms. The summed E-state index contributed by atoms with van der Waals surface area (Å²) in [7, 11) is 1.99. The number of hydrogen-bond acceptors (Lipinski definition) is 4. The van der Waals surface area contributed by atoms with Crippen molar-refractivity contribution < 1.29 is 4.74 Å². The molecule has 1 aromatic rings. The maximum atomic E-state index is 6.27. The fraction of sp³-hybridized carbons (Fsp3) is 0.769. The van der Waals surface area contributed by atoms with Gasteiger partial charge in [0.15, 0.2) is 5.82 Å². The van der Waals surface area contributed by atoms with Gasteiger partial charge in [0.05, 0.1) is 23.6 Å². The largest absolute Gasteiger partial charge is 0.394 e. The molecule has 3 heterocycles. The highest BCUT2D eigenvalue weighted by atomic mass is 16.5. The Morgan fingerprint density at radius 1 is 1.33 bits per heavy atom. The number of rotatable bonds is 3. The summed E-state index contributed by atoms with van der Waals surface area (Å²) in [6.07, 6.45) is 5.16. The highest BCUT2D eigenvalue weighted by molar-refractivity contribution is 5.66. The lowest BCUT2D eigenvalue weighted by molar-refractivity contribution is 0.0300. The number of ether oxygens (including phenoxy) is 1. The third kappa shape index (κ3) is 1.86. The highest BCUT2D eigenvalue weighted by Gasteiger charge is 2.35. The number of aryl methyl sites for hydroxylation is 2. The maximum absolute atomic E-state index is 6.27. The van der Waals surface area contributed by atoms with Crippen LogP contribution >= 0.6 is 0 Å². The monoisotopic (exact) mass is 250 g/mol. The van der Waals surface area contributed by atoms with Crippen LogP contribution in [0.15, 0.2) is 0 Å². The van der Waals surface area contributed by atoms with Crippen LogP contribution in [0.5, 0.6) is 0 Å². The molecule has 5 nitrogen and oxygen atoms in total. The molecular formula is C13H22N4O. The summed E-state index contributed by atoms with van der Waals surface area (Å²) in [5, 5.41) is 4.55. The van der Waals surface area contributed by atoms with Crippen molar-refractivity contribution in [2.45, 2.75) is 44.8 Å². The first-order valence-electron chi connectivity index (χ1n) is 6.90. The Hall–Kier alpha value is -1.23. The van der Waals surface area contributed by atoms with Crippen molar-refractivity contribution in [3.05, 3.63) is 5.69 Å². The van der Waals surface area contributed by atoms with E-state index in [0.717, 1.165) is 43.1 Å². The van der Waals surface area contributed by atoms with E-state index in [4.69, 9.17) is 10.5 Å². The first kappa shape index (κ1) is 11.8. The topological polar surface area (TPSA) is 56.3 Å². The van der Waals surface area contributed by atoms with Crippen molar-refractivity contribution in [2.75, 3.05) is 23.7 Å². The summed E-state index contributed by atoms with van der Waals surface area (Å²) in [5.74, 6) is 1.08. The van der Waals surface area contributed by atoms with E-state index in [2.05, 4.69) is 16.9 Å². The average Bonchev–Trinajstić information content (AvgIpc) is 2.81. The summed E-state index contributed by atoms with van der Waals surface area (Å²) < 4.78 is 7.81. The minimum absolute atomic E-state index is 0.382. The molecule has 0 saturated carbocycles. The van der Waals surface area contributed by atoms with Crippen molar-refractivity contribution in [2.24, 2.45) is 7.05 Å². The minimum Gasteiger partial charge on any atom is -0.394 e. The molecule has 2 atom stereocenters. The van der Waals surface area contributed by atoms with E-state index in [1.807, 2.05) is 11.7 Å². The molecule has 2 unspecified atom stereocenters. The molecule has 18 heavy (non-hydrogen) atoms. The zero-order chi connectivity index (χ0) is 12.7. The van der Waals surface area contributed by atoms with Crippen LogP contribution in [0.1, 0.15) is 31.9 Å². The molecule has 2 aliphatic rings. The van der Waals surface area contributed by atoms with Crippen LogP contribution < -0.4 is 10.6 Å². The number of morpholine rings is 1. The van der Waals surface area contributed by atoms with E-state index in [-0.39, 0.29) is 0 Å². The van der Waals surface area contributed by atoms with Gasteiger partial charge < -0.3 is 15.4 Å². The van der Waals surface area contributed by atoms with Crippen molar-refractivity contribution >= 4 is 11.5 Å². The number of nitrogens with two attached hydrogens (primary N) is 1. The number of fused-ring (bicyclic) bond motifs is 2. The highest BCUT2D eigenvalue weighted by Crippen LogP contribution is 2.33.